The van der Waals surface area contributed by atoms with Gasteiger partial charge in [0.1, 0.15) is 5.82 Å². The molecule has 0 aliphatic carbocycles. The van der Waals surface area contributed by atoms with Crippen molar-refractivity contribution in [2.75, 3.05) is 5.32 Å². The van der Waals surface area contributed by atoms with Crippen LogP contribution in [0.3, 0.4) is 0 Å². The Kier molecular flexibility index (Phi) is 3.61. The Bertz CT molecular complexity index is 372. The number of oxime groups is 1. The third-order valence-electron chi connectivity index (χ3n) is 1.76. The first-order chi connectivity index (χ1) is 7.17. The van der Waals surface area contributed by atoms with Crippen molar-refractivity contribution < 1.29 is 10.0 Å². The number of amidine groups is 1. The molecule has 0 atom stereocenters. The van der Waals surface area contributed by atoms with E-state index in [2.05, 4.69) is 15.5 Å². The summed E-state index contributed by atoms with van der Waals surface area (Å²) in [6.07, 6.45) is 1.81. The van der Waals surface area contributed by atoms with Crippen LogP contribution in [0.1, 0.15) is 18.9 Å². The lowest BCUT2D eigenvalue weighted by molar-refractivity contribution is -0.115. The maximum absolute atomic E-state index is 11.0. The summed E-state index contributed by atoms with van der Waals surface area (Å²) in [5, 5.41) is 13.8. The van der Waals surface area contributed by atoms with Gasteiger partial charge in [0.15, 0.2) is 5.84 Å². The fraction of sp³-hybridized carbons (Fsp3) is 0.222. The lowest BCUT2D eigenvalue weighted by Crippen LogP contribution is -2.14. The Balaban J connectivity index is 2.77. The van der Waals surface area contributed by atoms with E-state index in [4.69, 9.17) is 10.9 Å². The van der Waals surface area contributed by atoms with Crippen LogP contribution in [0.2, 0.25) is 0 Å². The number of anilines is 1. The van der Waals surface area contributed by atoms with Crippen molar-refractivity contribution in [2.24, 2.45) is 10.9 Å². The van der Waals surface area contributed by atoms with Crippen molar-refractivity contribution in [3.8, 4) is 0 Å². The Morgan fingerprint density at radius 2 is 2.40 bits per heavy atom. The first kappa shape index (κ1) is 11.0. The third kappa shape index (κ3) is 2.94. The van der Waals surface area contributed by atoms with E-state index < -0.39 is 0 Å². The van der Waals surface area contributed by atoms with Gasteiger partial charge in [0, 0.05) is 18.2 Å². The molecule has 0 radical (unpaired) electrons. The predicted octanol–water partition coefficient (Wildman–Crippen LogP) is 0.525. The maximum Gasteiger partial charge on any atom is 0.225 e. The summed E-state index contributed by atoms with van der Waals surface area (Å²) in [5.41, 5.74) is 5.84. The van der Waals surface area contributed by atoms with Crippen molar-refractivity contribution in [3.05, 3.63) is 23.9 Å². The van der Waals surface area contributed by atoms with Crippen LogP contribution in [0.25, 0.3) is 0 Å². The molecule has 1 heterocycles. The number of carbonyl (C=O) groups excluding carboxylic acids is 1. The van der Waals surface area contributed by atoms with Crippen LogP contribution in [0.4, 0.5) is 5.82 Å². The SMILES string of the molecule is CCC(=O)Nc1ccc(/C(N)=N\O)cn1. The largest absolute Gasteiger partial charge is 0.409 e. The topological polar surface area (TPSA) is 101 Å². The zero-order chi connectivity index (χ0) is 11.3. The quantitative estimate of drug-likeness (QED) is 0.292. The van der Waals surface area contributed by atoms with Gasteiger partial charge in [0.05, 0.1) is 0 Å². The number of aromatic nitrogens is 1. The summed E-state index contributed by atoms with van der Waals surface area (Å²) in [6.45, 7) is 1.75. The van der Waals surface area contributed by atoms with E-state index in [1.165, 1.54) is 6.20 Å². The van der Waals surface area contributed by atoms with Gasteiger partial charge in [0.25, 0.3) is 0 Å². The minimum absolute atomic E-state index is 0.0177. The molecular formula is C9H12N4O2. The molecule has 0 aliphatic rings. The van der Waals surface area contributed by atoms with E-state index in [1.807, 2.05) is 0 Å². The van der Waals surface area contributed by atoms with Crippen molar-refractivity contribution in [2.45, 2.75) is 13.3 Å². The van der Waals surface area contributed by atoms with Gasteiger partial charge in [0.2, 0.25) is 5.91 Å². The second-order valence-electron chi connectivity index (χ2n) is 2.82. The third-order valence-corrected chi connectivity index (χ3v) is 1.76. The molecule has 1 amide bonds. The molecule has 6 heteroatoms. The number of hydrogen-bond acceptors (Lipinski definition) is 4. The van der Waals surface area contributed by atoms with Gasteiger partial charge in [-0.05, 0) is 12.1 Å². The van der Waals surface area contributed by atoms with E-state index in [-0.39, 0.29) is 11.7 Å². The highest BCUT2D eigenvalue weighted by molar-refractivity contribution is 5.97. The highest BCUT2D eigenvalue weighted by atomic mass is 16.4. The van der Waals surface area contributed by atoms with Crippen LogP contribution in [-0.4, -0.2) is 21.9 Å². The van der Waals surface area contributed by atoms with Crippen LogP contribution in [0.15, 0.2) is 23.5 Å². The van der Waals surface area contributed by atoms with Gasteiger partial charge in [-0.2, -0.15) is 0 Å². The lowest BCUT2D eigenvalue weighted by Gasteiger charge is -2.03. The first-order valence-corrected chi connectivity index (χ1v) is 4.41. The number of amides is 1. The van der Waals surface area contributed by atoms with E-state index in [0.717, 1.165) is 0 Å². The highest BCUT2D eigenvalue weighted by Crippen LogP contribution is 2.05. The van der Waals surface area contributed by atoms with E-state index in [0.29, 0.717) is 17.8 Å². The molecule has 80 valence electrons. The fourth-order valence-corrected chi connectivity index (χ4v) is 0.908. The second-order valence-corrected chi connectivity index (χ2v) is 2.82. The minimum atomic E-state index is -0.112. The van der Waals surface area contributed by atoms with Crippen molar-refractivity contribution in [3.63, 3.8) is 0 Å². The molecule has 4 N–H and O–H groups in total. The zero-order valence-electron chi connectivity index (χ0n) is 8.27. The molecule has 0 fully saturated rings. The highest BCUT2D eigenvalue weighted by Gasteiger charge is 2.02. The number of carbonyl (C=O) groups is 1. The van der Waals surface area contributed by atoms with Gasteiger partial charge >= 0.3 is 0 Å². The second kappa shape index (κ2) is 4.94. The van der Waals surface area contributed by atoms with Crippen molar-refractivity contribution in [1.29, 1.82) is 0 Å². The van der Waals surface area contributed by atoms with Gasteiger partial charge in [-0.15, -0.1) is 0 Å². The van der Waals surface area contributed by atoms with Gasteiger partial charge in [-0.25, -0.2) is 4.98 Å². The molecule has 1 aromatic heterocycles. The molecule has 0 saturated heterocycles. The summed E-state index contributed by atoms with van der Waals surface area (Å²) in [4.78, 5) is 14.9. The molecule has 6 nitrogen and oxygen atoms in total. The van der Waals surface area contributed by atoms with Crippen molar-refractivity contribution >= 4 is 17.6 Å². The molecule has 0 bridgehead atoms. The molecule has 0 saturated carbocycles. The molecule has 0 aliphatic heterocycles. The number of nitrogens with two attached hydrogens (primary N) is 1. The van der Waals surface area contributed by atoms with Crippen LogP contribution in [0.5, 0.6) is 0 Å². The molecule has 0 aromatic carbocycles. The monoisotopic (exact) mass is 208 g/mol. The van der Waals surface area contributed by atoms with Crippen LogP contribution >= 0.6 is 0 Å². The number of pyridine rings is 1. The summed E-state index contributed by atoms with van der Waals surface area (Å²) in [5.74, 6) is 0.311. The predicted molar refractivity (Wildman–Crippen MR) is 55.7 cm³/mol. The molecular weight excluding hydrogens is 196 g/mol. The van der Waals surface area contributed by atoms with Crippen LogP contribution in [0, 0.1) is 0 Å². The summed E-state index contributed by atoms with van der Waals surface area (Å²) in [7, 11) is 0. The first-order valence-electron chi connectivity index (χ1n) is 4.41. The van der Waals surface area contributed by atoms with E-state index in [1.54, 1.807) is 19.1 Å². The summed E-state index contributed by atoms with van der Waals surface area (Å²) < 4.78 is 0. The lowest BCUT2D eigenvalue weighted by atomic mass is 10.2. The number of nitrogens with one attached hydrogen (secondary N) is 1. The number of hydrogen-bond donors (Lipinski definition) is 3. The minimum Gasteiger partial charge on any atom is -0.409 e. The van der Waals surface area contributed by atoms with Gasteiger partial charge in [-0.1, -0.05) is 12.1 Å². The summed E-state index contributed by atoms with van der Waals surface area (Å²) >= 11 is 0. The molecule has 15 heavy (non-hydrogen) atoms. The average molecular weight is 208 g/mol. The van der Waals surface area contributed by atoms with Crippen LogP contribution in [-0.2, 0) is 4.79 Å². The zero-order valence-corrected chi connectivity index (χ0v) is 8.27. The standard InChI is InChI=1S/C9H12N4O2/c1-2-8(14)12-7-4-3-6(5-11-7)9(10)13-15/h3-5,15H,2H2,1H3,(H2,10,13)(H,11,12,14). The Hall–Kier alpha value is -2.11. The van der Waals surface area contributed by atoms with Gasteiger partial charge < -0.3 is 16.3 Å². The fourth-order valence-electron chi connectivity index (χ4n) is 0.908. The number of nitrogens with zero attached hydrogens (tertiary/aromatic N) is 2. The Morgan fingerprint density at radius 1 is 1.67 bits per heavy atom. The average Bonchev–Trinajstić information content (AvgIpc) is 2.29. The summed E-state index contributed by atoms with van der Waals surface area (Å²) in [6, 6.07) is 3.19. The maximum atomic E-state index is 11.0. The van der Waals surface area contributed by atoms with Crippen LogP contribution < -0.4 is 11.1 Å². The molecule has 1 aromatic rings. The van der Waals surface area contributed by atoms with E-state index in [9.17, 15) is 4.79 Å². The Labute approximate surface area is 86.8 Å². The molecule has 0 unspecified atom stereocenters. The Morgan fingerprint density at radius 3 is 2.87 bits per heavy atom. The number of rotatable bonds is 3. The molecule has 1 rings (SSSR count). The smallest absolute Gasteiger partial charge is 0.225 e. The normalized spacial score (nSPS) is 11.1. The molecule has 0 spiro atoms. The van der Waals surface area contributed by atoms with Crippen molar-refractivity contribution in [1.82, 2.24) is 4.98 Å². The van der Waals surface area contributed by atoms with Gasteiger partial charge in [-0.3, -0.25) is 4.79 Å². The van der Waals surface area contributed by atoms with E-state index >= 15 is 0 Å².